The van der Waals surface area contributed by atoms with Gasteiger partial charge in [0, 0.05) is 6.61 Å². The number of ether oxygens (including phenoxy) is 1. The van der Waals surface area contributed by atoms with Crippen LogP contribution < -0.4 is 0 Å². The Kier molecular flexibility index (Phi) is 9.32. The van der Waals surface area contributed by atoms with E-state index in [-0.39, 0.29) is 0 Å². The molecule has 0 aromatic heterocycles. The monoisotopic (exact) mass is 223 g/mol. The Labute approximate surface area is 97.8 Å². The second kappa shape index (κ2) is 10.2. The van der Waals surface area contributed by atoms with Gasteiger partial charge in [0.15, 0.2) is 0 Å². The molecule has 0 aliphatic rings. The van der Waals surface area contributed by atoms with E-state index in [4.69, 9.17) is 9.94 Å². The minimum absolute atomic E-state index is 0.571. The molecule has 0 aromatic carbocycles. The van der Waals surface area contributed by atoms with Crippen molar-refractivity contribution in [2.45, 2.75) is 20.3 Å². The summed E-state index contributed by atoms with van der Waals surface area (Å²) in [6.07, 6.45) is 9.49. The van der Waals surface area contributed by atoms with Crippen molar-refractivity contribution in [3.05, 3.63) is 36.5 Å². The van der Waals surface area contributed by atoms with Crippen LogP contribution in [-0.4, -0.2) is 24.6 Å². The van der Waals surface area contributed by atoms with E-state index in [2.05, 4.69) is 25.6 Å². The maximum absolute atomic E-state index is 8.40. The maximum Gasteiger partial charge on any atom is 0.0733 e. The average Bonchev–Trinajstić information content (AvgIpc) is 2.23. The predicted molar refractivity (Wildman–Crippen MR) is 68.0 cm³/mol. The summed E-state index contributed by atoms with van der Waals surface area (Å²) >= 11 is 0. The van der Waals surface area contributed by atoms with E-state index < -0.39 is 0 Å². The molecule has 0 rings (SSSR count). The van der Waals surface area contributed by atoms with Gasteiger partial charge in [0.25, 0.3) is 0 Å². The normalized spacial score (nSPS) is 13.1. The number of hydrogen-bond donors (Lipinski definition) is 1. The van der Waals surface area contributed by atoms with Crippen molar-refractivity contribution in [1.82, 2.24) is 0 Å². The molecule has 0 amide bonds. The van der Waals surface area contributed by atoms with Crippen molar-refractivity contribution in [2.24, 2.45) is 11.1 Å². The van der Waals surface area contributed by atoms with Crippen molar-refractivity contribution in [3.8, 4) is 0 Å². The lowest BCUT2D eigenvalue weighted by Crippen LogP contribution is -2.02. The number of rotatable bonds is 8. The lowest BCUT2D eigenvalue weighted by molar-refractivity contribution is 0.114. The van der Waals surface area contributed by atoms with E-state index in [1.807, 2.05) is 12.2 Å². The van der Waals surface area contributed by atoms with Crippen LogP contribution in [0.2, 0.25) is 0 Å². The first kappa shape index (κ1) is 14.6. The molecule has 0 aromatic rings. The quantitative estimate of drug-likeness (QED) is 0.226. The van der Waals surface area contributed by atoms with Crippen LogP contribution in [-0.2, 0) is 4.74 Å². The molecule has 3 heteroatoms. The fourth-order valence-electron chi connectivity index (χ4n) is 1.03. The molecule has 0 spiro atoms. The Hall–Kier alpha value is -1.35. The molecule has 90 valence electrons. The third kappa shape index (κ3) is 9.21. The molecular formula is C13H21NO2. The van der Waals surface area contributed by atoms with E-state index >= 15 is 0 Å². The number of nitrogens with zero attached hydrogens (tertiary/aromatic N) is 1. The number of allylic oxidation sites excluding steroid dienone is 4. The smallest absolute Gasteiger partial charge is 0.0733 e. The first-order valence-electron chi connectivity index (χ1n) is 5.45. The minimum Gasteiger partial charge on any atom is -0.411 e. The zero-order chi connectivity index (χ0) is 12.2. The highest BCUT2D eigenvalue weighted by Gasteiger charge is 1.91. The minimum atomic E-state index is 0.571. The molecular weight excluding hydrogens is 202 g/mol. The molecule has 3 nitrogen and oxygen atoms in total. The summed E-state index contributed by atoms with van der Waals surface area (Å²) in [5.74, 6) is 0.571. The zero-order valence-corrected chi connectivity index (χ0v) is 10.1. The van der Waals surface area contributed by atoms with Gasteiger partial charge in [-0.1, -0.05) is 49.9 Å². The maximum atomic E-state index is 8.40. The fraction of sp³-hybridized carbons (Fsp3) is 0.462. The van der Waals surface area contributed by atoms with Gasteiger partial charge in [-0.25, -0.2) is 0 Å². The Morgan fingerprint density at radius 1 is 1.50 bits per heavy atom. The molecule has 0 fully saturated rings. The second-order valence-corrected chi connectivity index (χ2v) is 3.81. The van der Waals surface area contributed by atoms with Gasteiger partial charge >= 0.3 is 0 Å². The van der Waals surface area contributed by atoms with E-state index in [1.165, 1.54) is 6.21 Å². The molecule has 16 heavy (non-hydrogen) atoms. The zero-order valence-electron chi connectivity index (χ0n) is 10.1. The van der Waals surface area contributed by atoms with Gasteiger partial charge in [0.1, 0.15) is 0 Å². The molecule has 1 N–H and O–H groups in total. The Morgan fingerprint density at radius 2 is 2.25 bits per heavy atom. The van der Waals surface area contributed by atoms with Gasteiger partial charge in [-0.05, 0) is 17.9 Å². The highest BCUT2D eigenvalue weighted by molar-refractivity contribution is 5.82. The summed E-state index contributed by atoms with van der Waals surface area (Å²) in [5.41, 5.74) is 0.807. The lowest BCUT2D eigenvalue weighted by Gasteiger charge is -2.04. The summed E-state index contributed by atoms with van der Waals surface area (Å²) in [5, 5.41) is 11.4. The molecule has 0 saturated heterocycles. The average molecular weight is 223 g/mol. The highest BCUT2D eigenvalue weighted by atomic mass is 16.5. The van der Waals surface area contributed by atoms with Crippen molar-refractivity contribution in [3.63, 3.8) is 0 Å². The van der Waals surface area contributed by atoms with Crippen LogP contribution in [0.5, 0.6) is 0 Å². The molecule has 0 unspecified atom stereocenters. The van der Waals surface area contributed by atoms with Crippen LogP contribution >= 0.6 is 0 Å². The summed E-state index contributed by atoms with van der Waals surface area (Å²) in [6, 6.07) is 0. The van der Waals surface area contributed by atoms with Crippen LogP contribution in [0.1, 0.15) is 20.3 Å². The van der Waals surface area contributed by atoms with E-state index in [0.29, 0.717) is 12.5 Å². The topological polar surface area (TPSA) is 41.8 Å². The molecule has 0 aliphatic heterocycles. The summed E-state index contributed by atoms with van der Waals surface area (Å²) in [6.45, 7) is 9.34. The molecule has 0 bridgehead atoms. The Morgan fingerprint density at radius 3 is 2.81 bits per heavy atom. The number of hydrogen-bond acceptors (Lipinski definition) is 3. The van der Waals surface area contributed by atoms with Gasteiger partial charge in [-0.15, -0.1) is 0 Å². The molecule has 0 saturated carbocycles. The van der Waals surface area contributed by atoms with E-state index in [9.17, 15) is 0 Å². The molecule has 0 aliphatic carbocycles. The fourth-order valence-corrected chi connectivity index (χ4v) is 1.03. The Balaban J connectivity index is 3.80. The van der Waals surface area contributed by atoms with Gasteiger partial charge in [0.05, 0.1) is 12.8 Å². The SMILES string of the molecule is C=C/C=C(\C=C/CCOCC(C)C)/C=N/O. The largest absolute Gasteiger partial charge is 0.411 e. The van der Waals surface area contributed by atoms with Gasteiger partial charge in [-0.2, -0.15) is 0 Å². The summed E-state index contributed by atoms with van der Waals surface area (Å²) in [7, 11) is 0. The van der Waals surface area contributed by atoms with Crippen LogP contribution in [0.3, 0.4) is 0 Å². The van der Waals surface area contributed by atoms with Crippen LogP contribution in [0, 0.1) is 5.92 Å². The van der Waals surface area contributed by atoms with E-state index in [0.717, 1.165) is 18.6 Å². The highest BCUT2D eigenvalue weighted by Crippen LogP contribution is 1.97. The molecule has 0 atom stereocenters. The van der Waals surface area contributed by atoms with Crippen LogP contribution in [0.15, 0.2) is 41.6 Å². The first-order chi connectivity index (χ1) is 7.70. The van der Waals surface area contributed by atoms with Crippen molar-refractivity contribution >= 4 is 6.21 Å². The third-order valence-electron chi connectivity index (χ3n) is 1.71. The first-order valence-corrected chi connectivity index (χ1v) is 5.45. The molecule has 0 heterocycles. The second-order valence-electron chi connectivity index (χ2n) is 3.81. The van der Waals surface area contributed by atoms with Gasteiger partial charge in [-0.3, -0.25) is 0 Å². The molecule has 0 radical (unpaired) electrons. The van der Waals surface area contributed by atoms with Crippen molar-refractivity contribution in [2.75, 3.05) is 13.2 Å². The predicted octanol–water partition coefficient (Wildman–Crippen LogP) is 3.18. The van der Waals surface area contributed by atoms with Crippen molar-refractivity contribution < 1.29 is 9.94 Å². The van der Waals surface area contributed by atoms with Crippen molar-refractivity contribution in [1.29, 1.82) is 0 Å². The summed E-state index contributed by atoms with van der Waals surface area (Å²) < 4.78 is 5.42. The summed E-state index contributed by atoms with van der Waals surface area (Å²) in [4.78, 5) is 0. The van der Waals surface area contributed by atoms with Gasteiger partial charge in [0.2, 0.25) is 0 Å². The van der Waals surface area contributed by atoms with E-state index in [1.54, 1.807) is 12.2 Å². The van der Waals surface area contributed by atoms with Crippen LogP contribution in [0.4, 0.5) is 0 Å². The third-order valence-corrected chi connectivity index (χ3v) is 1.71. The van der Waals surface area contributed by atoms with Crippen LogP contribution in [0.25, 0.3) is 0 Å². The number of oxime groups is 1. The van der Waals surface area contributed by atoms with Gasteiger partial charge < -0.3 is 9.94 Å². The Bertz CT molecular complexity index is 265. The standard InChI is InChI=1S/C13H21NO2/c1-4-7-13(10-14-15)8-5-6-9-16-11-12(2)3/h4-5,7-8,10,12,15H,1,6,9,11H2,2-3H3/b8-5-,13-7+,14-10+. The lowest BCUT2D eigenvalue weighted by atomic mass is 10.2.